The fraction of sp³-hybridized carbons (Fsp3) is 0.333. The van der Waals surface area contributed by atoms with Crippen molar-refractivity contribution >= 4 is 11.6 Å². The minimum Gasteiger partial charge on any atom is -0.496 e. The van der Waals surface area contributed by atoms with E-state index in [9.17, 15) is 4.79 Å². The fourth-order valence-electron chi connectivity index (χ4n) is 2.68. The van der Waals surface area contributed by atoms with Crippen LogP contribution in [0.4, 0.5) is 0 Å². The maximum atomic E-state index is 12.0. The highest BCUT2D eigenvalue weighted by Crippen LogP contribution is 2.21. The van der Waals surface area contributed by atoms with E-state index in [1.165, 1.54) is 0 Å². The number of hydrogen-bond acceptors (Lipinski definition) is 5. The summed E-state index contributed by atoms with van der Waals surface area (Å²) in [6, 6.07) is 11.5. The van der Waals surface area contributed by atoms with Crippen LogP contribution < -0.4 is 14.9 Å². The molecular formula is C21H26N2O4. The molecule has 0 aromatic heterocycles. The van der Waals surface area contributed by atoms with Crippen LogP contribution in [-0.4, -0.2) is 32.4 Å². The molecule has 0 saturated heterocycles. The van der Waals surface area contributed by atoms with Crippen molar-refractivity contribution in [3.05, 3.63) is 58.7 Å². The van der Waals surface area contributed by atoms with E-state index in [0.717, 1.165) is 28.0 Å². The van der Waals surface area contributed by atoms with Gasteiger partial charge in [0.15, 0.2) is 6.61 Å². The first-order chi connectivity index (χ1) is 12.9. The van der Waals surface area contributed by atoms with Gasteiger partial charge < -0.3 is 14.2 Å². The zero-order chi connectivity index (χ0) is 19.8. The first kappa shape index (κ1) is 20.5. The van der Waals surface area contributed by atoms with E-state index < -0.39 is 0 Å². The van der Waals surface area contributed by atoms with Gasteiger partial charge in [0.05, 0.1) is 19.4 Å². The zero-order valence-electron chi connectivity index (χ0n) is 16.5. The van der Waals surface area contributed by atoms with E-state index in [4.69, 9.17) is 14.2 Å². The number of ether oxygens (including phenoxy) is 3. The Labute approximate surface area is 160 Å². The lowest BCUT2D eigenvalue weighted by Crippen LogP contribution is -2.25. The molecule has 0 fully saturated rings. The molecule has 2 aromatic rings. The average Bonchev–Trinajstić information content (AvgIpc) is 2.64. The molecule has 27 heavy (non-hydrogen) atoms. The molecule has 0 saturated carbocycles. The Hall–Kier alpha value is -2.86. The smallest absolute Gasteiger partial charge is 0.277 e. The number of methoxy groups -OCH3 is 2. The summed E-state index contributed by atoms with van der Waals surface area (Å²) in [7, 11) is 3.24. The summed E-state index contributed by atoms with van der Waals surface area (Å²) in [5.74, 6) is 1.10. The van der Waals surface area contributed by atoms with Gasteiger partial charge in [-0.2, -0.15) is 5.10 Å². The SMILES string of the molecule is COCc1cc(/C(C)=N\NC(=O)COc2cc(C)cc(C)c2)ccc1OC. The molecule has 1 amide bonds. The van der Waals surface area contributed by atoms with Crippen molar-refractivity contribution in [1.82, 2.24) is 5.43 Å². The molecule has 6 heteroatoms. The van der Waals surface area contributed by atoms with Crippen LogP contribution in [0.3, 0.4) is 0 Å². The predicted octanol–water partition coefficient (Wildman–Crippen LogP) is 3.38. The minimum atomic E-state index is -0.320. The van der Waals surface area contributed by atoms with Crippen molar-refractivity contribution in [3.63, 3.8) is 0 Å². The van der Waals surface area contributed by atoms with Gasteiger partial charge in [-0.15, -0.1) is 0 Å². The third-order valence-electron chi connectivity index (χ3n) is 3.91. The third-order valence-corrected chi connectivity index (χ3v) is 3.91. The maximum Gasteiger partial charge on any atom is 0.277 e. The Morgan fingerprint density at radius 3 is 2.41 bits per heavy atom. The third kappa shape index (κ3) is 6.11. The monoisotopic (exact) mass is 370 g/mol. The van der Waals surface area contributed by atoms with Crippen LogP contribution in [0.1, 0.15) is 29.2 Å². The molecule has 2 rings (SSSR count). The highest BCUT2D eigenvalue weighted by atomic mass is 16.5. The number of benzene rings is 2. The van der Waals surface area contributed by atoms with E-state index in [1.807, 2.05) is 57.2 Å². The lowest BCUT2D eigenvalue weighted by molar-refractivity contribution is -0.123. The van der Waals surface area contributed by atoms with Gasteiger partial charge >= 0.3 is 0 Å². The number of rotatable bonds is 8. The molecule has 0 unspecified atom stereocenters. The van der Waals surface area contributed by atoms with Gasteiger partial charge in [0.1, 0.15) is 11.5 Å². The number of carbonyl (C=O) groups is 1. The molecule has 144 valence electrons. The number of nitrogens with one attached hydrogen (secondary N) is 1. The fourth-order valence-corrected chi connectivity index (χ4v) is 2.68. The summed E-state index contributed by atoms with van der Waals surface area (Å²) in [4.78, 5) is 12.0. The normalized spacial score (nSPS) is 11.2. The summed E-state index contributed by atoms with van der Waals surface area (Å²) in [5.41, 5.74) is 7.16. The van der Waals surface area contributed by atoms with E-state index in [0.29, 0.717) is 18.1 Å². The first-order valence-corrected chi connectivity index (χ1v) is 8.63. The molecular weight excluding hydrogens is 344 g/mol. The molecule has 0 aliphatic rings. The quantitative estimate of drug-likeness (QED) is 0.571. The minimum absolute atomic E-state index is 0.1000. The Balaban J connectivity index is 1.97. The highest BCUT2D eigenvalue weighted by Gasteiger charge is 2.08. The van der Waals surface area contributed by atoms with Crippen molar-refractivity contribution in [2.75, 3.05) is 20.8 Å². The lowest BCUT2D eigenvalue weighted by Gasteiger charge is -2.10. The Morgan fingerprint density at radius 1 is 1.07 bits per heavy atom. The number of hydrogen-bond donors (Lipinski definition) is 1. The summed E-state index contributed by atoms with van der Waals surface area (Å²) in [5, 5.41) is 4.15. The molecule has 2 aromatic carbocycles. The summed E-state index contributed by atoms with van der Waals surface area (Å²) >= 11 is 0. The number of amides is 1. The van der Waals surface area contributed by atoms with E-state index in [-0.39, 0.29) is 12.5 Å². The predicted molar refractivity (Wildman–Crippen MR) is 105 cm³/mol. The Bertz CT molecular complexity index is 811. The van der Waals surface area contributed by atoms with Crippen molar-refractivity contribution in [2.45, 2.75) is 27.4 Å². The van der Waals surface area contributed by atoms with Gasteiger partial charge in [-0.05, 0) is 67.8 Å². The van der Waals surface area contributed by atoms with Gasteiger partial charge in [0.2, 0.25) is 0 Å². The van der Waals surface area contributed by atoms with Crippen molar-refractivity contribution < 1.29 is 19.0 Å². The lowest BCUT2D eigenvalue weighted by atomic mass is 10.1. The van der Waals surface area contributed by atoms with Crippen molar-refractivity contribution in [1.29, 1.82) is 0 Å². The van der Waals surface area contributed by atoms with Crippen LogP contribution >= 0.6 is 0 Å². The second-order valence-corrected chi connectivity index (χ2v) is 6.30. The molecule has 0 aliphatic carbocycles. The summed E-state index contributed by atoms with van der Waals surface area (Å²) in [6.07, 6.45) is 0. The number of hydrazone groups is 1. The van der Waals surface area contributed by atoms with Gasteiger partial charge in [0, 0.05) is 12.7 Å². The van der Waals surface area contributed by atoms with E-state index in [2.05, 4.69) is 10.5 Å². The molecule has 0 atom stereocenters. The van der Waals surface area contributed by atoms with Gasteiger partial charge in [-0.3, -0.25) is 4.79 Å². The summed E-state index contributed by atoms with van der Waals surface area (Å²) < 4.78 is 16.0. The number of aryl methyl sites for hydroxylation is 2. The van der Waals surface area contributed by atoms with Gasteiger partial charge in [-0.1, -0.05) is 6.07 Å². The van der Waals surface area contributed by atoms with Gasteiger partial charge in [-0.25, -0.2) is 5.43 Å². The molecule has 0 heterocycles. The standard InChI is InChI=1S/C21H26N2O4/c1-14-8-15(2)10-19(9-14)27-13-21(24)23-22-16(3)17-6-7-20(26-5)18(11-17)12-25-4/h6-11H,12-13H2,1-5H3,(H,23,24)/b22-16-. The summed E-state index contributed by atoms with van der Waals surface area (Å²) in [6.45, 7) is 6.13. The topological polar surface area (TPSA) is 69.2 Å². The molecule has 0 bridgehead atoms. The molecule has 0 radical (unpaired) electrons. The average molecular weight is 370 g/mol. The van der Waals surface area contributed by atoms with Crippen molar-refractivity contribution in [2.24, 2.45) is 5.10 Å². The molecule has 0 spiro atoms. The molecule has 6 nitrogen and oxygen atoms in total. The zero-order valence-corrected chi connectivity index (χ0v) is 16.5. The molecule has 1 N–H and O–H groups in total. The van der Waals surface area contributed by atoms with E-state index >= 15 is 0 Å². The van der Waals surface area contributed by atoms with Crippen LogP contribution in [0.5, 0.6) is 11.5 Å². The van der Waals surface area contributed by atoms with Crippen LogP contribution in [0.2, 0.25) is 0 Å². The largest absolute Gasteiger partial charge is 0.496 e. The van der Waals surface area contributed by atoms with Crippen molar-refractivity contribution in [3.8, 4) is 11.5 Å². The second-order valence-electron chi connectivity index (χ2n) is 6.30. The first-order valence-electron chi connectivity index (χ1n) is 8.63. The van der Waals surface area contributed by atoms with Crippen LogP contribution in [-0.2, 0) is 16.1 Å². The van der Waals surface area contributed by atoms with Crippen LogP contribution in [0.25, 0.3) is 0 Å². The Morgan fingerprint density at radius 2 is 1.78 bits per heavy atom. The number of carbonyl (C=O) groups excluding carboxylic acids is 1. The van der Waals surface area contributed by atoms with E-state index in [1.54, 1.807) is 14.2 Å². The van der Waals surface area contributed by atoms with Crippen LogP contribution in [0, 0.1) is 13.8 Å². The molecule has 0 aliphatic heterocycles. The maximum absolute atomic E-state index is 12.0. The second kappa shape index (κ2) is 9.73. The van der Waals surface area contributed by atoms with Crippen LogP contribution in [0.15, 0.2) is 41.5 Å². The highest BCUT2D eigenvalue weighted by molar-refractivity contribution is 5.99. The van der Waals surface area contributed by atoms with Gasteiger partial charge in [0.25, 0.3) is 5.91 Å². The number of nitrogens with zero attached hydrogens (tertiary/aromatic N) is 1. The Kier molecular flexibility index (Phi) is 7.37.